The van der Waals surface area contributed by atoms with E-state index in [2.05, 4.69) is 0 Å². The smallest absolute Gasteiger partial charge is 0.172 e. The van der Waals surface area contributed by atoms with Gasteiger partial charge in [0.2, 0.25) is 0 Å². The zero-order valence-electron chi connectivity index (χ0n) is 12.5. The minimum absolute atomic E-state index is 0. The summed E-state index contributed by atoms with van der Waals surface area (Å²) in [6.07, 6.45) is 0. The van der Waals surface area contributed by atoms with Crippen molar-refractivity contribution in [2.24, 2.45) is 5.73 Å². The van der Waals surface area contributed by atoms with Crippen molar-refractivity contribution in [1.82, 2.24) is 0 Å². The van der Waals surface area contributed by atoms with E-state index in [9.17, 15) is 0 Å². The summed E-state index contributed by atoms with van der Waals surface area (Å²) in [4.78, 5) is 0. The molecular weight excluding hydrogens is 304 g/mol. The average Bonchev–Trinajstić information content (AvgIpc) is 2.52. The topological polar surface area (TPSA) is 77.6 Å². The van der Waals surface area contributed by atoms with Gasteiger partial charge in [0.1, 0.15) is 18.2 Å². The number of methoxy groups -OCH3 is 2. The number of nitrogen functional groups attached to an aromatic ring is 1. The number of ether oxygens (including phenoxy) is 3. The molecule has 0 atom stereocenters. The lowest BCUT2D eigenvalue weighted by Gasteiger charge is -2.15. The fraction of sp³-hybridized carbons (Fsp3) is 0.188. The van der Waals surface area contributed by atoms with Crippen molar-refractivity contribution in [2.45, 2.75) is 6.61 Å². The van der Waals surface area contributed by atoms with E-state index in [1.807, 2.05) is 24.3 Å². The first-order valence-corrected chi connectivity index (χ1v) is 6.43. The highest BCUT2D eigenvalue weighted by Gasteiger charge is 2.13. The molecule has 0 heterocycles. The highest BCUT2D eigenvalue weighted by molar-refractivity contribution is 5.98. The number of para-hydroxylation sites is 2. The van der Waals surface area contributed by atoms with Crippen LogP contribution >= 0.6 is 12.4 Å². The summed E-state index contributed by atoms with van der Waals surface area (Å²) in [6.45, 7) is 0.296. The largest absolute Gasteiger partial charge is 0.496 e. The quantitative estimate of drug-likeness (QED) is 0.633. The molecule has 5 nitrogen and oxygen atoms in total. The van der Waals surface area contributed by atoms with Crippen molar-refractivity contribution in [2.75, 3.05) is 14.2 Å². The predicted octanol–water partition coefficient (Wildman–Crippen LogP) is 2.99. The molecule has 0 saturated carbocycles. The Balaban J connectivity index is 0.00000242. The van der Waals surface area contributed by atoms with Crippen LogP contribution in [-0.4, -0.2) is 20.1 Å². The third-order valence-corrected chi connectivity index (χ3v) is 3.05. The summed E-state index contributed by atoms with van der Waals surface area (Å²) in [6, 6.07) is 12.9. The Kier molecular flexibility index (Phi) is 6.53. The molecule has 6 heteroatoms. The molecule has 2 aromatic rings. The van der Waals surface area contributed by atoms with Gasteiger partial charge in [-0.2, -0.15) is 0 Å². The van der Waals surface area contributed by atoms with Crippen LogP contribution in [0.5, 0.6) is 17.2 Å². The first kappa shape index (κ1) is 17.7. The van der Waals surface area contributed by atoms with E-state index in [0.717, 1.165) is 11.3 Å². The molecule has 0 amide bonds. The molecule has 0 spiro atoms. The van der Waals surface area contributed by atoms with Crippen molar-refractivity contribution in [1.29, 1.82) is 5.41 Å². The third-order valence-electron chi connectivity index (χ3n) is 3.05. The zero-order valence-corrected chi connectivity index (χ0v) is 13.3. The molecular formula is C16H19ClN2O3. The maximum Gasteiger partial charge on any atom is 0.172 e. The molecule has 0 unspecified atom stereocenters. The summed E-state index contributed by atoms with van der Waals surface area (Å²) in [7, 11) is 3.16. The van der Waals surface area contributed by atoms with Gasteiger partial charge in [0.25, 0.3) is 0 Å². The molecule has 0 aliphatic carbocycles. The summed E-state index contributed by atoms with van der Waals surface area (Å²) in [5, 5.41) is 7.63. The van der Waals surface area contributed by atoms with Gasteiger partial charge in [0, 0.05) is 5.56 Å². The van der Waals surface area contributed by atoms with E-state index >= 15 is 0 Å². The van der Waals surface area contributed by atoms with Crippen LogP contribution in [0.4, 0.5) is 0 Å². The Morgan fingerprint density at radius 1 is 1.00 bits per heavy atom. The molecule has 0 aromatic heterocycles. The molecule has 118 valence electrons. The van der Waals surface area contributed by atoms with Crippen LogP contribution in [0.25, 0.3) is 0 Å². The van der Waals surface area contributed by atoms with Crippen molar-refractivity contribution < 1.29 is 14.2 Å². The van der Waals surface area contributed by atoms with Gasteiger partial charge in [0.05, 0.1) is 19.8 Å². The molecule has 2 rings (SSSR count). The van der Waals surface area contributed by atoms with Gasteiger partial charge < -0.3 is 19.9 Å². The van der Waals surface area contributed by atoms with E-state index < -0.39 is 0 Å². The van der Waals surface area contributed by atoms with Gasteiger partial charge in [-0.05, 0) is 18.2 Å². The Morgan fingerprint density at radius 3 is 2.27 bits per heavy atom. The summed E-state index contributed by atoms with van der Waals surface area (Å²) >= 11 is 0. The lowest BCUT2D eigenvalue weighted by atomic mass is 10.1. The number of hydrogen-bond donors (Lipinski definition) is 2. The second-order valence-corrected chi connectivity index (χ2v) is 4.35. The Bertz CT molecular complexity index is 647. The molecule has 0 saturated heterocycles. The lowest BCUT2D eigenvalue weighted by molar-refractivity contribution is 0.277. The second kappa shape index (κ2) is 8.14. The van der Waals surface area contributed by atoms with Crippen LogP contribution in [0.15, 0.2) is 42.5 Å². The first-order valence-electron chi connectivity index (χ1n) is 6.43. The lowest BCUT2D eigenvalue weighted by Crippen LogP contribution is -2.13. The van der Waals surface area contributed by atoms with Gasteiger partial charge in [0.15, 0.2) is 11.5 Å². The molecule has 0 fully saturated rings. The van der Waals surface area contributed by atoms with E-state index in [-0.39, 0.29) is 18.2 Å². The SMILES string of the molecule is COc1ccccc1COc1c(OC)cccc1C(=N)N.Cl. The van der Waals surface area contributed by atoms with E-state index in [1.165, 1.54) is 0 Å². The van der Waals surface area contributed by atoms with Gasteiger partial charge in [-0.15, -0.1) is 12.4 Å². The fourth-order valence-electron chi connectivity index (χ4n) is 2.01. The summed E-state index contributed by atoms with van der Waals surface area (Å²) in [5.41, 5.74) is 6.99. The molecule has 3 N–H and O–H groups in total. The predicted molar refractivity (Wildman–Crippen MR) is 88.6 cm³/mol. The van der Waals surface area contributed by atoms with E-state index in [4.69, 9.17) is 25.4 Å². The van der Waals surface area contributed by atoms with Crippen LogP contribution in [0.3, 0.4) is 0 Å². The summed E-state index contributed by atoms with van der Waals surface area (Å²) in [5.74, 6) is 1.68. The molecule has 0 bridgehead atoms. The number of halogens is 1. The van der Waals surface area contributed by atoms with Gasteiger partial charge in [-0.25, -0.2) is 0 Å². The number of amidine groups is 1. The Morgan fingerprint density at radius 2 is 1.64 bits per heavy atom. The number of benzene rings is 2. The molecule has 0 radical (unpaired) electrons. The normalized spacial score (nSPS) is 9.55. The number of hydrogen-bond acceptors (Lipinski definition) is 4. The van der Waals surface area contributed by atoms with E-state index in [1.54, 1.807) is 32.4 Å². The zero-order chi connectivity index (χ0) is 15.2. The maximum absolute atomic E-state index is 7.63. The van der Waals surface area contributed by atoms with Crippen molar-refractivity contribution >= 4 is 18.2 Å². The third kappa shape index (κ3) is 3.83. The number of nitrogens with one attached hydrogen (secondary N) is 1. The molecule has 0 aliphatic heterocycles. The van der Waals surface area contributed by atoms with Crippen molar-refractivity contribution in [3.8, 4) is 17.2 Å². The second-order valence-electron chi connectivity index (χ2n) is 4.35. The minimum atomic E-state index is -0.0658. The fourth-order valence-corrected chi connectivity index (χ4v) is 2.01. The molecule has 0 aliphatic rings. The van der Waals surface area contributed by atoms with Gasteiger partial charge in [-0.1, -0.05) is 24.3 Å². The number of rotatable bonds is 6. The van der Waals surface area contributed by atoms with Crippen molar-refractivity contribution in [3.63, 3.8) is 0 Å². The Hall–Kier alpha value is -2.40. The van der Waals surface area contributed by atoms with Gasteiger partial charge >= 0.3 is 0 Å². The standard InChI is InChI=1S/C16H18N2O3.ClH/c1-19-13-8-4-3-6-11(13)10-21-15-12(16(17)18)7-5-9-14(15)20-2;/h3-9H,10H2,1-2H3,(H3,17,18);1H. The van der Waals surface area contributed by atoms with Crippen LogP contribution in [0, 0.1) is 5.41 Å². The monoisotopic (exact) mass is 322 g/mol. The van der Waals surface area contributed by atoms with Gasteiger partial charge in [-0.3, -0.25) is 5.41 Å². The molecule has 2 aromatic carbocycles. The highest BCUT2D eigenvalue weighted by Crippen LogP contribution is 2.32. The number of nitrogens with two attached hydrogens (primary N) is 1. The van der Waals surface area contributed by atoms with E-state index in [0.29, 0.717) is 23.7 Å². The summed E-state index contributed by atoms with van der Waals surface area (Å²) < 4.78 is 16.4. The van der Waals surface area contributed by atoms with Crippen LogP contribution in [0.1, 0.15) is 11.1 Å². The molecule has 22 heavy (non-hydrogen) atoms. The van der Waals surface area contributed by atoms with Crippen LogP contribution in [0.2, 0.25) is 0 Å². The van der Waals surface area contributed by atoms with Crippen LogP contribution < -0.4 is 19.9 Å². The minimum Gasteiger partial charge on any atom is -0.496 e. The Labute approximate surface area is 135 Å². The van der Waals surface area contributed by atoms with Crippen LogP contribution in [-0.2, 0) is 6.61 Å². The highest BCUT2D eigenvalue weighted by atomic mass is 35.5. The maximum atomic E-state index is 7.63. The first-order chi connectivity index (χ1) is 10.2. The van der Waals surface area contributed by atoms with Crippen molar-refractivity contribution in [3.05, 3.63) is 53.6 Å². The average molecular weight is 323 g/mol.